The second kappa shape index (κ2) is 6.53. The topological polar surface area (TPSA) is 29.1 Å². The predicted octanol–water partition coefficient (Wildman–Crippen LogP) is 3.76. The third kappa shape index (κ3) is 4.05. The normalized spacial score (nSPS) is 18.2. The van der Waals surface area contributed by atoms with Crippen LogP contribution < -0.4 is 5.32 Å². The molecule has 0 amide bonds. The Bertz CT molecular complexity index is 438. The molecule has 0 aromatic heterocycles. The van der Waals surface area contributed by atoms with Gasteiger partial charge in [-0.25, -0.2) is 0 Å². The number of benzene rings is 1. The Morgan fingerprint density at radius 3 is 2.68 bits per heavy atom. The van der Waals surface area contributed by atoms with Gasteiger partial charge in [-0.15, -0.1) is 0 Å². The summed E-state index contributed by atoms with van der Waals surface area (Å²) in [6, 6.07) is 7.59. The number of carbonyl (C=O) groups excluding carboxylic acids is 1. The summed E-state index contributed by atoms with van der Waals surface area (Å²) < 4.78 is 0. The van der Waals surface area contributed by atoms with Crippen LogP contribution in [0.25, 0.3) is 0 Å². The summed E-state index contributed by atoms with van der Waals surface area (Å²) in [6.07, 6.45) is 7.11. The van der Waals surface area contributed by atoms with Crippen LogP contribution >= 0.6 is 11.6 Å². The SMILES string of the molecule is CNC1(CC(=O)Cc2cccc(Cl)c2)CCCCC1. The van der Waals surface area contributed by atoms with E-state index in [4.69, 9.17) is 11.6 Å². The van der Waals surface area contributed by atoms with Crippen molar-refractivity contribution < 1.29 is 4.79 Å². The number of rotatable bonds is 5. The molecule has 2 nitrogen and oxygen atoms in total. The number of hydrogen-bond donors (Lipinski definition) is 1. The minimum Gasteiger partial charge on any atom is -0.314 e. The van der Waals surface area contributed by atoms with Crippen LogP contribution in [0.2, 0.25) is 5.02 Å². The zero-order valence-corrected chi connectivity index (χ0v) is 12.3. The van der Waals surface area contributed by atoms with Gasteiger partial charge in [0.15, 0.2) is 0 Å². The number of carbonyl (C=O) groups is 1. The zero-order chi connectivity index (χ0) is 13.7. The summed E-state index contributed by atoms with van der Waals surface area (Å²) in [7, 11) is 1.98. The molecule has 1 aromatic rings. The van der Waals surface area contributed by atoms with Crippen molar-refractivity contribution in [1.82, 2.24) is 5.32 Å². The lowest BCUT2D eigenvalue weighted by molar-refractivity contribution is -0.120. The van der Waals surface area contributed by atoms with Crippen LogP contribution in [0.4, 0.5) is 0 Å². The highest BCUT2D eigenvalue weighted by Crippen LogP contribution is 2.31. The second-order valence-electron chi connectivity index (χ2n) is 5.61. The van der Waals surface area contributed by atoms with Gasteiger partial charge in [-0.1, -0.05) is 43.0 Å². The van der Waals surface area contributed by atoms with Crippen LogP contribution in [0.5, 0.6) is 0 Å². The quantitative estimate of drug-likeness (QED) is 0.889. The van der Waals surface area contributed by atoms with Crippen LogP contribution in [-0.2, 0) is 11.2 Å². The van der Waals surface area contributed by atoms with Gasteiger partial charge in [0.2, 0.25) is 0 Å². The molecule has 19 heavy (non-hydrogen) atoms. The van der Waals surface area contributed by atoms with E-state index in [0.717, 1.165) is 18.4 Å². The number of Topliss-reactive ketones (excluding diaryl/α,β-unsaturated/α-hetero) is 1. The molecule has 2 rings (SSSR count). The van der Waals surface area contributed by atoms with E-state index in [2.05, 4.69) is 5.32 Å². The Labute approximate surface area is 120 Å². The van der Waals surface area contributed by atoms with Crippen LogP contribution in [0, 0.1) is 0 Å². The summed E-state index contributed by atoms with van der Waals surface area (Å²) in [5, 5.41) is 4.10. The monoisotopic (exact) mass is 279 g/mol. The van der Waals surface area contributed by atoms with Gasteiger partial charge in [0.25, 0.3) is 0 Å². The third-order valence-corrected chi connectivity index (χ3v) is 4.40. The Balaban J connectivity index is 1.96. The Kier molecular flexibility index (Phi) is 5.00. The van der Waals surface area contributed by atoms with Crippen molar-refractivity contribution in [1.29, 1.82) is 0 Å². The fourth-order valence-corrected chi connectivity index (χ4v) is 3.27. The molecule has 1 aromatic carbocycles. The average molecular weight is 280 g/mol. The van der Waals surface area contributed by atoms with Crippen molar-refractivity contribution in [3.8, 4) is 0 Å². The summed E-state index contributed by atoms with van der Waals surface area (Å²) in [6.45, 7) is 0. The minimum atomic E-state index is 0.0356. The van der Waals surface area contributed by atoms with Crippen molar-refractivity contribution in [2.45, 2.75) is 50.5 Å². The summed E-state index contributed by atoms with van der Waals surface area (Å²) in [5.41, 5.74) is 1.05. The predicted molar refractivity (Wildman–Crippen MR) is 79.7 cm³/mol. The van der Waals surface area contributed by atoms with E-state index in [1.807, 2.05) is 31.3 Å². The minimum absolute atomic E-state index is 0.0356. The van der Waals surface area contributed by atoms with Crippen molar-refractivity contribution in [2.75, 3.05) is 7.05 Å². The fourth-order valence-electron chi connectivity index (χ4n) is 3.06. The van der Waals surface area contributed by atoms with E-state index in [9.17, 15) is 4.79 Å². The maximum atomic E-state index is 12.3. The van der Waals surface area contributed by atoms with Gasteiger partial charge in [0, 0.05) is 23.4 Å². The third-order valence-electron chi connectivity index (χ3n) is 4.17. The molecule has 1 aliphatic carbocycles. The van der Waals surface area contributed by atoms with E-state index in [-0.39, 0.29) is 5.54 Å². The van der Waals surface area contributed by atoms with Crippen LogP contribution in [0.15, 0.2) is 24.3 Å². The van der Waals surface area contributed by atoms with Crippen LogP contribution in [0.1, 0.15) is 44.1 Å². The Morgan fingerprint density at radius 1 is 1.32 bits per heavy atom. The molecule has 104 valence electrons. The van der Waals surface area contributed by atoms with Crippen LogP contribution in [0.3, 0.4) is 0 Å². The molecule has 1 N–H and O–H groups in total. The van der Waals surface area contributed by atoms with Crippen molar-refractivity contribution in [2.24, 2.45) is 0 Å². The van der Waals surface area contributed by atoms with Gasteiger partial charge in [-0.05, 0) is 37.6 Å². The highest BCUT2D eigenvalue weighted by molar-refractivity contribution is 6.30. The maximum absolute atomic E-state index is 12.3. The van der Waals surface area contributed by atoms with Crippen molar-refractivity contribution >= 4 is 17.4 Å². The lowest BCUT2D eigenvalue weighted by atomic mass is 9.78. The Hall–Kier alpha value is -0.860. The molecule has 0 radical (unpaired) electrons. The van der Waals surface area contributed by atoms with Gasteiger partial charge < -0.3 is 5.32 Å². The molecule has 0 bridgehead atoms. The van der Waals surface area contributed by atoms with Gasteiger partial charge in [0.05, 0.1) is 0 Å². The first-order valence-electron chi connectivity index (χ1n) is 7.09. The van der Waals surface area contributed by atoms with Crippen molar-refractivity contribution in [3.63, 3.8) is 0 Å². The Morgan fingerprint density at radius 2 is 2.05 bits per heavy atom. The lowest BCUT2D eigenvalue weighted by Gasteiger charge is -2.36. The van der Waals surface area contributed by atoms with E-state index in [1.165, 1.54) is 19.3 Å². The molecule has 0 unspecified atom stereocenters. The van der Waals surface area contributed by atoms with E-state index < -0.39 is 0 Å². The van der Waals surface area contributed by atoms with E-state index >= 15 is 0 Å². The van der Waals surface area contributed by atoms with Crippen LogP contribution in [-0.4, -0.2) is 18.4 Å². The van der Waals surface area contributed by atoms with Gasteiger partial charge in [-0.2, -0.15) is 0 Å². The van der Waals surface area contributed by atoms with E-state index in [0.29, 0.717) is 23.6 Å². The summed E-state index contributed by atoms with van der Waals surface area (Å²) in [4.78, 5) is 12.3. The number of nitrogens with one attached hydrogen (secondary N) is 1. The molecule has 1 saturated carbocycles. The molecule has 0 spiro atoms. The second-order valence-corrected chi connectivity index (χ2v) is 6.05. The first-order valence-corrected chi connectivity index (χ1v) is 7.46. The standard InChI is InChI=1S/C16H22ClNO/c1-18-16(8-3-2-4-9-16)12-15(19)11-13-6-5-7-14(17)10-13/h5-7,10,18H,2-4,8-9,11-12H2,1H3. The van der Waals surface area contributed by atoms with Crippen molar-refractivity contribution in [3.05, 3.63) is 34.9 Å². The molecule has 1 aliphatic rings. The first kappa shape index (κ1) is 14.5. The molecule has 0 atom stereocenters. The number of halogens is 1. The highest BCUT2D eigenvalue weighted by atomic mass is 35.5. The number of ketones is 1. The van der Waals surface area contributed by atoms with E-state index in [1.54, 1.807) is 0 Å². The molecule has 0 saturated heterocycles. The lowest BCUT2D eigenvalue weighted by Crippen LogP contribution is -2.46. The van der Waals surface area contributed by atoms with Gasteiger partial charge in [-0.3, -0.25) is 4.79 Å². The first-order chi connectivity index (χ1) is 9.13. The molecular formula is C16H22ClNO. The number of hydrogen-bond acceptors (Lipinski definition) is 2. The smallest absolute Gasteiger partial charge is 0.139 e. The summed E-state index contributed by atoms with van der Waals surface area (Å²) in [5.74, 6) is 0.304. The zero-order valence-electron chi connectivity index (χ0n) is 11.5. The fraction of sp³-hybridized carbons (Fsp3) is 0.562. The van der Waals surface area contributed by atoms with Gasteiger partial charge >= 0.3 is 0 Å². The largest absolute Gasteiger partial charge is 0.314 e. The molecule has 0 aliphatic heterocycles. The van der Waals surface area contributed by atoms with Gasteiger partial charge in [0.1, 0.15) is 5.78 Å². The summed E-state index contributed by atoms with van der Waals surface area (Å²) >= 11 is 5.95. The molecular weight excluding hydrogens is 258 g/mol. The maximum Gasteiger partial charge on any atom is 0.139 e. The molecule has 0 heterocycles. The molecule has 1 fully saturated rings. The average Bonchev–Trinajstić information content (AvgIpc) is 2.39. The highest BCUT2D eigenvalue weighted by Gasteiger charge is 2.32. The molecule has 3 heteroatoms.